The second-order valence-corrected chi connectivity index (χ2v) is 18.1. The average Bonchev–Trinajstić information content (AvgIpc) is 2.98. The van der Waals surface area contributed by atoms with Crippen LogP contribution in [0.5, 0.6) is 0 Å². The largest absolute Gasteiger partial charge is 0.512 e. The van der Waals surface area contributed by atoms with E-state index in [1.807, 2.05) is 0 Å². The highest BCUT2D eigenvalue weighted by Crippen LogP contribution is 2.44. The van der Waals surface area contributed by atoms with Gasteiger partial charge in [0.1, 0.15) is 0 Å². The molecule has 2 atom stereocenters. The third-order valence-electron chi connectivity index (χ3n) is 8.95. The van der Waals surface area contributed by atoms with Crippen LogP contribution in [0.3, 0.4) is 0 Å². The molecule has 0 saturated carbocycles. The summed E-state index contributed by atoms with van der Waals surface area (Å²) in [5.74, 6) is 0.941. The van der Waals surface area contributed by atoms with Gasteiger partial charge >= 0.3 is 31.1 Å². The number of nitrogens with one attached hydrogen (secondary N) is 1. The lowest BCUT2D eigenvalue weighted by molar-refractivity contribution is -0.0476. The molecular weight excluding hydrogens is 695 g/mol. The molecule has 0 bridgehead atoms. The van der Waals surface area contributed by atoms with Gasteiger partial charge in [-0.3, -0.25) is 0 Å². The van der Waals surface area contributed by atoms with Gasteiger partial charge in [0.15, 0.2) is 0 Å². The van der Waals surface area contributed by atoms with Crippen LogP contribution >= 0.6 is 9.24 Å². The van der Waals surface area contributed by atoms with Gasteiger partial charge in [-0.25, -0.2) is 16.8 Å². The maximum Gasteiger partial charge on any atom is 0.512 e. The first-order valence-electron chi connectivity index (χ1n) is 18.5. The summed E-state index contributed by atoms with van der Waals surface area (Å²) in [7, 11) is -9.71. The average molecular weight is 764 g/mol. The summed E-state index contributed by atoms with van der Waals surface area (Å²) in [4.78, 5) is 0. The van der Waals surface area contributed by atoms with Gasteiger partial charge in [0.25, 0.3) is 0 Å². The van der Waals surface area contributed by atoms with E-state index in [0.717, 1.165) is 5.92 Å². The normalized spacial score (nSPS) is 13.7. The van der Waals surface area contributed by atoms with Crippen LogP contribution in [0, 0.1) is 5.92 Å². The molecule has 0 radical (unpaired) electrons. The van der Waals surface area contributed by atoms with Gasteiger partial charge in [-0.15, -0.1) is 9.24 Å². The highest BCUT2D eigenvalue weighted by molar-refractivity contribution is 8.05. The van der Waals surface area contributed by atoms with Crippen LogP contribution in [0.4, 0.5) is 26.3 Å². The van der Waals surface area contributed by atoms with Crippen LogP contribution in [0.25, 0.3) is 0 Å². The quantitative estimate of drug-likeness (QED) is 0.0467. The Bertz CT molecular complexity index is 923. The molecule has 0 aromatic rings. The third-order valence-corrected chi connectivity index (χ3v) is 13.0. The Morgan fingerprint density at radius 2 is 0.708 bits per heavy atom. The van der Waals surface area contributed by atoms with Crippen LogP contribution in [-0.2, 0) is 20.0 Å². The number of rotatable bonds is 29. The zero-order valence-corrected chi connectivity index (χ0v) is 33.0. The van der Waals surface area contributed by atoms with Gasteiger partial charge in [0, 0.05) is 0 Å². The number of alkyl halides is 6. The summed E-state index contributed by atoms with van der Waals surface area (Å²) < 4.78 is 108. The standard InChI is InChI=1S/C32H67P.C2HF6NO4S2/c1-5-9-13-17-18-19-20-21-22-24-28-31(27-23-14-10-6-2)32(33,29-25-15-11-7-3)30-26-16-12-8-4;3-1(4,5)14(10,11)9-15(12,13)2(6,7)8/h31H,5-30,33H2,1-4H3;9H. The molecular formula is C34H68F6NO4PS2. The lowest BCUT2D eigenvalue weighted by Gasteiger charge is -2.39. The molecule has 0 saturated heterocycles. The van der Waals surface area contributed by atoms with Gasteiger partial charge < -0.3 is 0 Å². The fourth-order valence-electron chi connectivity index (χ4n) is 5.95. The summed E-state index contributed by atoms with van der Waals surface area (Å²) in [5.41, 5.74) is -12.3. The maximum absolute atomic E-state index is 11.5. The summed E-state index contributed by atoms with van der Waals surface area (Å²) in [6.45, 7) is 9.36. The summed E-state index contributed by atoms with van der Waals surface area (Å²) >= 11 is 0. The van der Waals surface area contributed by atoms with E-state index < -0.39 is 35.2 Å². The van der Waals surface area contributed by atoms with Gasteiger partial charge in [0.2, 0.25) is 0 Å². The van der Waals surface area contributed by atoms with Crippen molar-refractivity contribution in [1.29, 1.82) is 0 Å². The molecule has 0 aliphatic heterocycles. The summed E-state index contributed by atoms with van der Waals surface area (Å²) in [6, 6.07) is 0. The first-order valence-corrected chi connectivity index (χ1v) is 22.1. The minimum absolute atomic E-state index is 0.493. The summed E-state index contributed by atoms with van der Waals surface area (Å²) in [6.07, 6.45) is 37.6. The Morgan fingerprint density at radius 3 is 1.00 bits per heavy atom. The molecule has 2 unspecified atom stereocenters. The van der Waals surface area contributed by atoms with Gasteiger partial charge in [-0.05, 0) is 36.8 Å². The molecule has 0 aromatic carbocycles. The molecule has 5 nitrogen and oxygen atoms in total. The lowest BCUT2D eigenvalue weighted by atomic mass is 9.77. The van der Waals surface area contributed by atoms with Crippen molar-refractivity contribution >= 4 is 29.3 Å². The van der Waals surface area contributed by atoms with E-state index in [4.69, 9.17) is 0 Å². The molecule has 0 fully saturated rings. The van der Waals surface area contributed by atoms with Crippen molar-refractivity contribution in [2.45, 2.75) is 211 Å². The number of hydrogen-bond acceptors (Lipinski definition) is 4. The predicted molar refractivity (Wildman–Crippen MR) is 192 cm³/mol. The van der Waals surface area contributed by atoms with E-state index >= 15 is 0 Å². The summed E-state index contributed by atoms with van der Waals surface area (Å²) in [5, 5.41) is 0.521. The minimum atomic E-state index is -6.60. The Balaban J connectivity index is 0. The van der Waals surface area contributed by atoms with E-state index in [0.29, 0.717) is 5.16 Å². The molecule has 14 heteroatoms. The molecule has 0 aliphatic rings. The molecule has 48 heavy (non-hydrogen) atoms. The predicted octanol–water partition coefficient (Wildman–Crippen LogP) is 12.7. The van der Waals surface area contributed by atoms with E-state index in [1.54, 1.807) is 0 Å². The van der Waals surface area contributed by atoms with Gasteiger partial charge in [-0.2, -0.15) is 26.3 Å². The smallest absolute Gasteiger partial charge is 0.202 e. The van der Waals surface area contributed by atoms with Crippen molar-refractivity contribution in [3.63, 3.8) is 0 Å². The number of sulfonamides is 2. The fraction of sp³-hybridized carbons (Fsp3) is 1.00. The molecule has 0 aliphatic carbocycles. The Labute approximate surface area is 292 Å². The van der Waals surface area contributed by atoms with E-state index in [2.05, 4.69) is 36.9 Å². The van der Waals surface area contributed by atoms with Crippen molar-refractivity contribution in [2.24, 2.45) is 5.92 Å². The molecule has 0 aromatic heterocycles. The number of halogens is 6. The van der Waals surface area contributed by atoms with Crippen LogP contribution < -0.4 is 4.13 Å². The highest BCUT2D eigenvalue weighted by Gasteiger charge is 2.55. The van der Waals surface area contributed by atoms with Gasteiger partial charge in [0.05, 0.1) is 0 Å². The molecule has 0 heterocycles. The second-order valence-electron chi connectivity index (χ2n) is 13.4. The van der Waals surface area contributed by atoms with Crippen LogP contribution in [0.2, 0.25) is 0 Å². The van der Waals surface area contributed by atoms with E-state index in [9.17, 15) is 43.2 Å². The molecule has 1 N–H and O–H groups in total. The lowest BCUT2D eigenvalue weighted by Crippen LogP contribution is -2.45. The number of unbranched alkanes of at least 4 members (excludes halogenated alkanes) is 18. The monoisotopic (exact) mass is 763 g/mol. The van der Waals surface area contributed by atoms with E-state index in [1.165, 1.54) is 167 Å². The van der Waals surface area contributed by atoms with Crippen LogP contribution in [-0.4, -0.2) is 33.0 Å². The van der Waals surface area contributed by atoms with Crippen LogP contribution in [0.15, 0.2) is 0 Å². The topological polar surface area (TPSA) is 80.3 Å². The molecule has 0 spiro atoms. The van der Waals surface area contributed by atoms with Crippen molar-refractivity contribution < 1.29 is 43.2 Å². The van der Waals surface area contributed by atoms with Crippen molar-refractivity contribution in [2.75, 3.05) is 0 Å². The molecule has 292 valence electrons. The van der Waals surface area contributed by atoms with Crippen molar-refractivity contribution in [1.82, 2.24) is 4.13 Å². The van der Waals surface area contributed by atoms with E-state index in [-0.39, 0.29) is 0 Å². The van der Waals surface area contributed by atoms with Crippen LogP contribution in [0.1, 0.15) is 195 Å². The van der Waals surface area contributed by atoms with Gasteiger partial charge in [-0.1, -0.05) is 173 Å². The zero-order chi connectivity index (χ0) is 37.2. The molecule has 0 amide bonds. The third kappa shape index (κ3) is 24.1. The first kappa shape index (κ1) is 50.0. The SMILES string of the molecule is CCCCCCCCCCCCC(CCCCCC)C(P)(CCCCCC)CCCCCC.O=S(=O)(NS(=O)(=O)C(F)(F)F)C(F)(F)F. The Morgan fingerprint density at radius 1 is 0.458 bits per heavy atom. The fourth-order valence-corrected chi connectivity index (χ4v) is 8.60. The number of hydrogen-bond donors (Lipinski definition) is 1. The minimum Gasteiger partial charge on any atom is -0.202 e. The first-order chi connectivity index (χ1) is 22.3. The highest BCUT2D eigenvalue weighted by atomic mass is 32.3. The second kappa shape index (κ2) is 27.5. The Kier molecular flexibility index (Phi) is 28.6. The van der Waals surface area contributed by atoms with Crippen molar-refractivity contribution in [3.05, 3.63) is 0 Å². The maximum atomic E-state index is 11.5. The van der Waals surface area contributed by atoms with Crippen molar-refractivity contribution in [3.8, 4) is 0 Å². The molecule has 0 rings (SSSR count). The Hall–Kier alpha value is -0.130. The zero-order valence-electron chi connectivity index (χ0n) is 30.3.